The summed E-state index contributed by atoms with van der Waals surface area (Å²) >= 11 is 0. The molecule has 0 radical (unpaired) electrons. The number of nitrogens with zero attached hydrogens (tertiary/aromatic N) is 3. The van der Waals surface area contributed by atoms with Crippen LogP contribution >= 0.6 is 0 Å². The van der Waals surface area contributed by atoms with Gasteiger partial charge in [0.1, 0.15) is 11.4 Å². The normalized spacial score (nSPS) is 30.0. The minimum absolute atomic E-state index is 0.0490. The number of likely N-dealkylation sites (N-methyl/N-ethyl adjacent to an activating group) is 1. The Kier molecular flexibility index (Phi) is 5.32. The first-order chi connectivity index (χ1) is 14.9. The van der Waals surface area contributed by atoms with Crippen molar-refractivity contribution in [2.45, 2.75) is 25.0 Å². The van der Waals surface area contributed by atoms with E-state index < -0.39 is 11.2 Å². The van der Waals surface area contributed by atoms with E-state index in [1.807, 2.05) is 0 Å². The quantitative estimate of drug-likeness (QED) is 0.750. The maximum absolute atomic E-state index is 14.0. The Labute approximate surface area is 180 Å². The second kappa shape index (κ2) is 8.00. The van der Waals surface area contributed by atoms with Crippen molar-refractivity contribution in [3.8, 4) is 0 Å². The molecule has 0 spiro atoms. The van der Waals surface area contributed by atoms with Crippen LogP contribution in [0.25, 0.3) is 10.9 Å². The number of carbonyl (C=O) groups excluding carboxylic acids is 1. The molecule has 166 valence electrons. The lowest BCUT2D eigenvalue weighted by Gasteiger charge is -2.44. The van der Waals surface area contributed by atoms with Crippen LogP contribution in [0.1, 0.15) is 23.2 Å². The number of rotatable bonds is 2. The smallest absolute Gasteiger partial charge is 0.259 e. The number of halogens is 1. The number of amides is 1. The molecule has 1 amide bonds. The molecule has 8 heteroatoms. The van der Waals surface area contributed by atoms with Crippen LogP contribution in [0.5, 0.6) is 0 Å². The van der Waals surface area contributed by atoms with E-state index in [1.165, 1.54) is 24.4 Å². The van der Waals surface area contributed by atoms with E-state index >= 15 is 0 Å². The molecule has 1 aromatic heterocycles. The van der Waals surface area contributed by atoms with Gasteiger partial charge in [-0.2, -0.15) is 0 Å². The predicted molar refractivity (Wildman–Crippen MR) is 116 cm³/mol. The molecule has 5 rings (SSSR count). The molecule has 2 N–H and O–H groups in total. The number of aliphatic hydroxyl groups is 1. The number of likely N-dealkylation sites (tertiary alicyclic amines) is 1. The number of carbonyl (C=O) groups is 1. The van der Waals surface area contributed by atoms with Gasteiger partial charge < -0.3 is 19.9 Å². The largest absolute Gasteiger partial charge is 0.391 e. The number of H-pyrrole nitrogens is 1. The van der Waals surface area contributed by atoms with Gasteiger partial charge >= 0.3 is 0 Å². The van der Waals surface area contributed by atoms with Gasteiger partial charge in [-0.3, -0.25) is 14.5 Å². The van der Waals surface area contributed by atoms with Crippen molar-refractivity contribution in [3.05, 3.63) is 46.0 Å². The number of piperazine rings is 1. The van der Waals surface area contributed by atoms with Crippen LogP contribution in [0.3, 0.4) is 0 Å². The third kappa shape index (κ3) is 3.66. The Hall–Kier alpha value is -2.29. The number of nitrogens with one attached hydrogen (secondary N) is 1. The summed E-state index contributed by atoms with van der Waals surface area (Å²) in [5.74, 6) is -0.245. The summed E-state index contributed by atoms with van der Waals surface area (Å²) in [7, 11) is 2.12. The fraction of sp³-hybridized carbons (Fsp3) is 0.565. The van der Waals surface area contributed by atoms with E-state index in [0.717, 1.165) is 32.6 Å². The molecule has 0 unspecified atom stereocenters. The van der Waals surface area contributed by atoms with Crippen LogP contribution in [0, 0.1) is 17.7 Å². The Balaban J connectivity index is 1.32. The van der Waals surface area contributed by atoms with Gasteiger partial charge in [0.05, 0.1) is 11.6 Å². The number of hydrogen-bond acceptors (Lipinski definition) is 5. The van der Waals surface area contributed by atoms with Gasteiger partial charge in [0.25, 0.3) is 5.91 Å². The highest BCUT2D eigenvalue weighted by Gasteiger charge is 2.45. The summed E-state index contributed by atoms with van der Waals surface area (Å²) in [6.45, 7) is 5.08. The van der Waals surface area contributed by atoms with Crippen molar-refractivity contribution < 1.29 is 14.3 Å². The molecular formula is C23H29FN4O3. The predicted octanol–water partition coefficient (Wildman–Crippen LogP) is 1.13. The van der Waals surface area contributed by atoms with Gasteiger partial charge in [0, 0.05) is 56.9 Å². The topological polar surface area (TPSA) is 79.9 Å². The Morgan fingerprint density at radius 3 is 2.58 bits per heavy atom. The average Bonchev–Trinajstić information content (AvgIpc) is 3.17. The molecule has 1 saturated carbocycles. The SMILES string of the molecule is CN1CCN([C@@H]2C[C@@H]3CN(C(=O)c4c[nH]c5c(F)cccc5c4=O)C[C@@H]3C[C@H]2O)CC1. The number of benzene rings is 1. The molecule has 2 aromatic rings. The van der Waals surface area contributed by atoms with Crippen LogP contribution < -0.4 is 5.43 Å². The summed E-state index contributed by atoms with van der Waals surface area (Å²) in [5, 5.41) is 11.0. The van der Waals surface area contributed by atoms with Crippen LogP contribution in [0.15, 0.2) is 29.2 Å². The molecule has 2 aliphatic heterocycles. The van der Waals surface area contributed by atoms with E-state index in [0.29, 0.717) is 25.4 Å². The minimum Gasteiger partial charge on any atom is -0.391 e. The molecule has 2 saturated heterocycles. The number of fused-ring (bicyclic) bond motifs is 2. The maximum Gasteiger partial charge on any atom is 0.259 e. The molecule has 0 bridgehead atoms. The molecule has 1 aromatic carbocycles. The lowest BCUT2D eigenvalue weighted by atomic mass is 9.77. The third-order valence-corrected chi connectivity index (χ3v) is 7.50. The molecule has 31 heavy (non-hydrogen) atoms. The zero-order chi connectivity index (χ0) is 21.7. The van der Waals surface area contributed by atoms with Crippen molar-refractivity contribution in [3.63, 3.8) is 0 Å². The van der Waals surface area contributed by atoms with Crippen molar-refractivity contribution in [2.24, 2.45) is 11.8 Å². The summed E-state index contributed by atoms with van der Waals surface area (Å²) in [4.78, 5) is 35.2. The zero-order valence-electron chi connectivity index (χ0n) is 17.8. The first kappa shape index (κ1) is 20.6. The monoisotopic (exact) mass is 428 g/mol. The van der Waals surface area contributed by atoms with E-state index in [9.17, 15) is 19.1 Å². The Morgan fingerprint density at radius 2 is 1.84 bits per heavy atom. The van der Waals surface area contributed by atoms with Crippen molar-refractivity contribution in [2.75, 3.05) is 46.3 Å². The van der Waals surface area contributed by atoms with Gasteiger partial charge in [0.2, 0.25) is 5.43 Å². The number of para-hydroxylation sites is 1. The molecule has 3 aliphatic rings. The van der Waals surface area contributed by atoms with Gasteiger partial charge in [-0.15, -0.1) is 0 Å². The summed E-state index contributed by atoms with van der Waals surface area (Å²) in [6, 6.07) is 4.44. The second-order valence-corrected chi connectivity index (χ2v) is 9.37. The highest BCUT2D eigenvalue weighted by atomic mass is 19.1. The van der Waals surface area contributed by atoms with Crippen molar-refractivity contribution in [1.82, 2.24) is 19.7 Å². The standard InChI is InChI=1S/C23H29FN4O3/c1-26-5-7-27(8-6-26)19-9-14-12-28(13-15(14)10-20(19)29)23(31)17-11-25-21-16(22(17)30)3-2-4-18(21)24/h2-4,11,14-15,19-20,29H,5-10,12-13H2,1H3,(H,25,30)/t14-,15+,19-,20-/m1/s1. The highest BCUT2D eigenvalue weighted by Crippen LogP contribution is 2.39. The number of aromatic nitrogens is 1. The molecule has 3 fully saturated rings. The van der Waals surface area contributed by atoms with Crippen molar-refractivity contribution in [1.29, 1.82) is 0 Å². The van der Waals surface area contributed by atoms with Gasteiger partial charge in [-0.25, -0.2) is 4.39 Å². The van der Waals surface area contributed by atoms with E-state index in [-0.39, 0.29) is 40.4 Å². The Bertz CT molecular complexity index is 1050. The summed E-state index contributed by atoms with van der Waals surface area (Å²) < 4.78 is 14.0. The second-order valence-electron chi connectivity index (χ2n) is 9.37. The zero-order valence-corrected chi connectivity index (χ0v) is 17.8. The third-order valence-electron chi connectivity index (χ3n) is 7.50. The average molecular weight is 429 g/mol. The van der Waals surface area contributed by atoms with Gasteiger partial charge in [-0.1, -0.05) is 6.07 Å². The van der Waals surface area contributed by atoms with Gasteiger partial charge in [-0.05, 0) is 43.9 Å². The molecule has 3 heterocycles. The van der Waals surface area contributed by atoms with Crippen LogP contribution in [-0.2, 0) is 0 Å². The molecular weight excluding hydrogens is 399 g/mol. The van der Waals surface area contributed by atoms with Crippen LogP contribution in [0.4, 0.5) is 4.39 Å². The molecule has 1 aliphatic carbocycles. The summed E-state index contributed by atoms with van der Waals surface area (Å²) in [5.41, 5.74) is -0.270. The summed E-state index contributed by atoms with van der Waals surface area (Å²) in [6.07, 6.45) is 2.51. The highest BCUT2D eigenvalue weighted by molar-refractivity contribution is 5.97. The van der Waals surface area contributed by atoms with Gasteiger partial charge in [0.15, 0.2) is 0 Å². The van der Waals surface area contributed by atoms with Crippen molar-refractivity contribution >= 4 is 16.8 Å². The first-order valence-electron chi connectivity index (χ1n) is 11.1. The first-order valence-corrected chi connectivity index (χ1v) is 11.1. The van der Waals surface area contributed by atoms with E-state index in [2.05, 4.69) is 21.8 Å². The Morgan fingerprint density at radius 1 is 1.13 bits per heavy atom. The minimum atomic E-state index is -0.510. The molecule has 7 nitrogen and oxygen atoms in total. The van der Waals surface area contributed by atoms with Crippen LogP contribution in [0.2, 0.25) is 0 Å². The van der Waals surface area contributed by atoms with Crippen LogP contribution in [-0.4, -0.2) is 89.2 Å². The fourth-order valence-corrected chi connectivity index (χ4v) is 5.66. The molecule has 4 atom stereocenters. The van der Waals surface area contributed by atoms with E-state index in [4.69, 9.17) is 0 Å². The fourth-order valence-electron chi connectivity index (χ4n) is 5.66. The number of aromatic amines is 1. The number of aliphatic hydroxyl groups excluding tert-OH is 1. The number of hydrogen-bond donors (Lipinski definition) is 2. The lowest BCUT2D eigenvalue weighted by Crippen LogP contribution is -2.55. The maximum atomic E-state index is 14.0. The lowest BCUT2D eigenvalue weighted by molar-refractivity contribution is -0.0249. The van der Waals surface area contributed by atoms with E-state index in [1.54, 1.807) is 4.90 Å². The number of pyridine rings is 1.